The van der Waals surface area contributed by atoms with Crippen LogP contribution < -0.4 is 5.73 Å². The average molecular weight is 646 g/mol. The summed E-state index contributed by atoms with van der Waals surface area (Å²) in [5.41, 5.74) is 12.7. The summed E-state index contributed by atoms with van der Waals surface area (Å²) in [6, 6.07) is 27.7. The molecule has 0 bridgehead atoms. The van der Waals surface area contributed by atoms with Crippen molar-refractivity contribution in [1.29, 1.82) is 0 Å². The van der Waals surface area contributed by atoms with Crippen molar-refractivity contribution in [3.63, 3.8) is 0 Å². The summed E-state index contributed by atoms with van der Waals surface area (Å²) in [6.45, 7) is 4.02. The number of likely N-dealkylation sites (N-methyl/N-ethyl adjacent to an activating group) is 1. The summed E-state index contributed by atoms with van der Waals surface area (Å²) in [4.78, 5) is 33.5. The van der Waals surface area contributed by atoms with Crippen LogP contribution in [0, 0.1) is 0 Å². The average Bonchev–Trinajstić information content (AvgIpc) is 3.49. The molecule has 0 aliphatic rings. The van der Waals surface area contributed by atoms with E-state index in [1.165, 1.54) is 17.3 Å². The van der Waals surface area contributed by atoms with Crippen molar-refractivity contribution in [1.82, 2.24) is 29.6 Å². The fourth-order valence-corrected chi connectivity index (χ4v) is 5.56. The van der Waals surface area contributed by atoms with E-state index in [0.717, 1.165) is 39.8 Å². The number of nitrogens with zero attached hydrogens (tertiary/aromatic N) is 6. The second-order valence-electron chi connectivity index (χ2n) is 11.0. The molecule has 0 fully saturated rings. The number of carbonyl (C=O) groups excluding carboxylic acids is 2. The Morgan fingerprint density at radius 1 is 0.830 bits per heavy atom. The smallest absolute Gasteiger partial charge is 0.248 e. The Hall–Kier alpha value is -5.35. The molecule has 0 aliphatic carbocycles. The number of allylic oxidation sites excluding steroid dienone is 3. The maximum Gasteiger partial charge on any atom is 0.248 e. The molecular formula is C37H39N7O2S. The van der Waals surface area contributed by atoms with Crippen molar-refractivity contribution in [3.05, 3.63) is 144 Å². The lowest BCUT2D eigenvalue weighted by Crippen LogP contribution is -2.22. The zero-order valence-electron chi connectivity index (χ0n) is 27.1. The molecule has 0 saturated heterocycles. The highest BCUT2D eigenvalue weighted by Gasteiger charge is 2.16. The molecule has 0 aliphatic heterocycles. The van der Waals surface area contributed by atoms with Gasteiger partial charge in [0, 0.05) is 55.8 Å². The van der Waals surface area contributed by atoms with Crippen molar-refractivity contribution < 1.29 is 9.59 Å². The number of primary amides is 1. The van der Waals surface area contributed by atoms with Gasteiger partial charge in [-0.05, 0) is 66.3 Å². The lowest BCUT2D eigenvalue weighted by atomic mass is 9.95. The first-order valence-electron chi connectivity index (χ1n) is 15.1. The van der Waals surface area contributed by atoms with Crippen molar-refractivity contribution in [3.8, 4) is 11.4 Å². The van der Waals surface area contributed by atoms with E-state index in [-0.39, 0.29) is 12.5 Å². The molecule has 0 atom stereocenters. The Labute approximate surface area is 280 Å². The lowest BCUT2D eigenvalue weighted by Gasteiger charge is -2.14. The zero-order chi connectivity index (χ0) is 33.6. The topological polar surface area (TPSA) is 120 Å². The van der Waals surface area contributed by atoms with E-state index in [0.29, 0.717) is 16.7 Å². The van der Waals surface area contributed by atoms with Crippen molar-refractivity contribution in [2.45, 2.75) is 37.7 Å². The van der Waals surface area contributed by atoms with E-state index in [9.17, 15) is 9.59 Å². The minimum atomic E-state index is -0.426. The van der Waals surface area contributed by atoms with E-state index >= 15 is 0 Å². The van der Waals surface area contributed by atoms with E-state index < -0.39 is 5.91 Å². The number of thioether (sulfide) groups is 1. The first kappa shape index (κ1) is 34.5. The van der Waals surface area contributed by atoms with Gasteiger partial charge >= 0.3 is 0 Å². The standard InChI is InChI=1S/C21H24N2O.C16H15N5OS/c1-16(21(24)23(3)4)13-20(14-18-9-8-12-22-15-18)17(2)19-10-6-5-7-11-19;17-14(22)10-21-15(13-6-2-1-3-7-13)19-20-16(21)23-11-12-5-4-8-18-9-12/h5-13,15H,14H2,1-4H3;1-9H,10-11H2,(H2,17,22)/b16-13+,20-17-;. The molecule has 9 nitrogen and oxygen atoms in total. The SMILES string of the molecule is C/C(=C\C(Cc1cccnc1)=C(/C)c1ccccc1)C(=O)N(C)C.NC(=O)Cn1c(SCc2cccnc2)nnc1-c1ccccc1. The van der Waals surface area contributed by atoms with Crippen LogP contribution in [0.15, 0.2) is 132 Å². The molecule has 3 aromatic heterocycles. The van der Waals surface area contributed by atoms with Gasteiger partial charge in [-0.3, -0.25) is 24.1 Å². The molecule has 2 N–H and O–H groups in total. The Balaban J connectivity index is 0.000000213. The zero-order valence-corrected chi connectivity index (χ0v) is 27.9. The first-order valence-corrected chi connectivity index (χ1v) is 16.0. The third kappa shape index (κ3) is 10.3. The highest BCUT2D eigenvalue weighted by Crippen LogP contribution is 2.26. The Morgan fingerprint density at radius 3 is 2.02 bits per heavy atom. The second kappa shape index (κ2) is 17.4. The second-order valence-corrected chi connectivity index (χ2v) is 11.9. The van der Waals surface area contributed by atoms with E-state index in [4.69, 9.17) is 5.73 Å². The van der Waals surface area contributed by atoms with Gasteiger partial charge in [-0.25, -0.2) is 0 Å². The molecule has 240 valence electrons. The summed E-state index contributed by atoms with van der Waals surface area (Å²) in [5.74, 6) is 0.933. The van der Waals surface area contributed by atoms with Gasteiger partial charge in [0.05, 0.1) is 0 Å². The van der Waals surface area contributed by atoms with Gasteiger partial charge < -0.3 is 10.6 Å². The van der Waals surface area contributed by atoms with Crippen molar-refractivity contribution in [2.24, 2.45) is 5.73 Å². The number of aromatic nitrogens is 5. The minimum absolute atomic E-state index is 0.0274. The largest absolute Gasteiger partial charge is 0.368 e. The number of benzene rings is 2. The highest BCUT2D eigenvalue weighted by molar-refractivity contribution is 7.98. The van der Waals surface area contributed by atoms with Crippen LogP contribution in [0.1, 0.15) is 30.5 Å². The summed E-state index contributed by atoms with van der Waals surface area (Å²) in [7, 11) is 3.54. The predicted octanol–water partition coefficient (Wildman–Crippen LogP) is 6.25. The number of rotatable bonds is 11. The normalized spacial score (nSPS) is 11.6. The van der Waals surface area contributed by atoms with Crippen molar-refractivity contribution in [2.75, 3.05) is 14.1 Å². The van der Waals surface area contributed by atoms with Gasteiger partial charge in [0.25, 0.3) is 0 Å². The number of hydrogen-bond acceptors (Lipinski definition) is 7. The highest BCUT2D eigenvalue weighted by atomic mass is 32.2. The monoisotopic (exact) mass is 645 g/mol. The van der Waals surface area contributed by atoms with E-state index in [1.807, 2.05) is 85.9 Å². The molecule has 47 heavy (non-hydrogen) atoms. The fourth-order valence-electron chi connectivity index (χ4n) is 4.69. The molecule has 5 rings (SSSR count). The van der Waals surface area contributed by atoms with Crippen LogP contribution in [-0.4, -0.2) is 55.5 Å². The Morgan fingerprint density at radius 2 is 1.45 bits per heavy atom. The van der Waals surface area contributed by atoms with Gasteiger partial charge in [0.15, 0.2) is 11.0 Å². The summed E-state index contributed by atoms with van der Waals surface area (Å²) in [5, 5.41) is 9.09. The molecule has 0 spiro atoms. The van der Waals surface area contributed by atoms with Crippen LogP contribution in [0.4, 0.5) is 0 Å². The van der Waals surface area contributed by atoms with Crippen LogP contribution in [-0.2, 0) is 28.3 Å². The minimum Gasteiger partial charge on any atom is -0.368 e. The van der Waals surface area contributed by atoms with Gasteiger partial charge in [-0.2, -0.15) is 0 Å². The maximum absolute atomic E-state index is 12.2. The van der Waals surface area contributed by atoms with Crippen LogP contribution in [0.2, 0.25) is 0 Å². The van der Waals surface area contributed by atoms with Crippen LogP contribution in [0.25, 0.3) is 17.0 Å². The van der Waals surface area contributed by atoms with Gasteiger partial charge in [-0.15, -0.1) is 10.2 Å². The third-order valence-electron chi connectivity index (χ3n) is 7.09. The molecule has 3 heterocycles. The third-order valence-corrected chi connectivity index (χ3v) is 8.13. The molecule has 0 unspecified atom stereocenters. The lowest BCUT2D eigenvalue weighted by molar-refractivity contribution is -0.124. The molecule has 2 aromatic carbocycles. The Bertz CT molecular complexity index is 1810. The molecule has 10 heteroatoms. The van der Waals surface area contributed by atoms with Crippen LogP contribution >= 0.6 is 11.8 Å². The van der Waals surface area contributed by atoms with Gasteiger partial charge in [-0.1, -0.05) is 84.6 Å². The van der Waals surface area contributed by atoms with Gasteiger partial charge in [0.1, 0.15) is 6.54 Å². The fraction of sp³-hybridized carbons (Fsp3) is 0.189. The van der Waals surface area contributed by atoms with E-state index in [2.05, 4.69) is 45.3 Å². The molecular weight excluding hydrogens is 607 g/mol. The summed E-state index contributed by atoms with van der Waals surface area (Å²) >= 11 is 1.50. The quantitative estimate of drug-likeness (QED) is 0.102. The Kier molecular flexibility index (Phi) is 12.8. The number of amides is 2. The van der Waals surface area contributed by atoms with Crippen molar-refractivity contribution >= 4 is 29.1 Å². The van der Waals surface area contributed by atoms with Gasteiger partial charge in [0.2, 0.25) is 11.8 Å². The molecule has 0 radical (unpaired) electrons. The molecule has 2 amide bonds. The van der Waals surface area contributed by atoms with E-state index in [1.54, 1.807) is 42.2 Å². The molecule has 5 aromatic rings. The number of nitrogens with two attached hydrogens (primary N) is 1. The number of pyridine rings is 2. The number of hydrogen-bond donors (Lipinski definition) is 1. The van der Waals surface area contributed by atoms with Crippen LogP contribution in [0.3, 0.4) is 0 Å². The molecule has 0 saturated carbocycles. The number of carbonyl (C=O) groups is 2. The summed E-state index contributed by atoms with van der Waals surface area (Å²) < 4.78 is 1.75. The first-order chi connectivity index (χ1) is 22.7. The predicted molar refractivity (Wildman–Crippen MR) is 188 cm³/mol. The van der Waals surface area contributed by atoms with Crippen LogP contribution in [0.5, 0.6) is 0 Å². The maximum atomic E-state index is 12.2. The summed E-state index contributed by atoms with van der Waals surface area (Å²) in [6.07, 6.45) is 9.92.